The topological polar surface area (TPSA) is 62.9 Å². The summed E-state index contributed by atoms with van der Waals surface area (Å²) in [6, 6.07) is 8.62. The fourth-order valence-corrected chi connectivity index (χ4v) is 4.00. The molecule has 0 amide bonds. The van der Waals surface area contributed by atoms with Crippen LogP contribution in [0.3, 0.4) is 0 Å². The molecule has 5 nitrogen and oxygen atoms in total. The number of nitrogens with two attached hydrogens (primary N) is 1. The van der Waals surface area contributed by atoms with Crippen molar-refractivity contribution in [1.29, 1.82) is 0 Å². The van der Waals surface area contributed by atoms with Crippen LogP contribution in [0.2, 0.25) is 0 Å². The van der Waals surface area contributed by atoms with E-state index in [1.54, 1.807) is 0 Å². The van der Waals surface area contributed by atoms with E-state index in [4.69, 9.17) is 10.5 Å². The van der Waals surface area contributed by atoms with Gasteiger partial charge in [-0.1, -0.05) is 34.5 Å². The van der Waals surface area contributed by atoms with E-state index in [0.29, 0.717) is 5.96 Å². The minimum Gasteiger partial charge on any atom is -0.379 e. The molecule has 1 aromatic rings. The Balaban J connectivity index is 1.43. The summed E-state index contributed by atoms with van der Waals surface area (Å²) >= 11 is 3.58. The molecule has 1 saturated heterocycles. The SMILES string of the molecule is NC(=NCC1(c2cccc(Br)c2)CCC1)NCCCN1CCOCC1. The van der Waals surface area contributed by atoms with E-state index in [0.717, 1.165) is 56.8 Å². The molecule has 25 heavy (non-hydrogen) atoms. The van der Waals surface area contributed by atoms with Crippen LogP contribution >= 0.6 is 15.9 Å². The number of halogens is 1. The molecule has 0 bridgehead atoms. The lowest BCUT2D eigenvalue weighted by Gasteiger charge is -2.41. The number of nitrogens with zero attached hydrogens (tertiary/aromatic N) is 2. The van der Waals surface area contributed by atoms with E-state index in [9.17, 15) is 0 Å². The van der Waals surface area contributed by atoms with E-state index in [1.807, 2.05) is 0 Å². The Hall–Kier alpha value is -1.11. The first-order chi connectivity index (χ1) is 12.2. The summed E-state index contributed by atoms with van der Waals surface area (Å²) in [6.45, 7) is 6.52. The maximum Gasteiger partial charge on any atom is 0.188 e. The van der Waals surface area contributed by atoms with Gasteiger partial charge in [0.05, 0.1) is 19.8 Å². The lowest BCUT2D eigenvalue weighted by molar-refractivity contribution is 0.0376. The number of hydrogen-bond acceptors (Lipinski definition) is 3. The van der Waals surface area contributed by atoms with Gasteiger partial charge in [-0.3, -0.25) is 9.89 Å². The second kappa shape index (κ2) is 9.01. The predicted molar refractivity (Wildman–Crippen MR) is 106 cm³/mol. The van der Waals surface area contributed by atoms with E-state index < -0.39 is 0 Å². The van der Waals surface area contributed by atoms with Crippen LogP contribution in [-0.4, -0.2) is 56.8 Å². The Morgan fingerprint density at radius 2 is 2.12 bits per heavy atom. The van der Waals surface area contributed by atoms with Crippen molar-refractivity contribution in [3.8, 4) is 0 Å². The van der Waals surface area contributed by atoms with Crippen LogP contribution < -0.4 is 11.1 Å². The van der Waals surface area contributed by atoms with Gasteiger partial charge < -0.3 is 15.8 Å². The van der Waals surface area contributed by atoms with Gasteiger partial charge in [0.2, 0.25) is 0 Å². The Labute approximate surface area is 159 Å². The van der Waals surface area contributed by atoms with Crippen LogP contribution in [0.5, 0.6) is 0 Å². The Morgan fingerprint density at radius 3 is 2.80 bits per heavy atom. The van der Waals surface area contributed by atoms with Crippen LogP contribution in [-0.2, 0) is 10.2 Å². The lowest BCUT2D eigenvalue weighted by Crippen LogP contribution is -2.41. The molecule has 0 radical (unpaired) electrons. The summed E-state index contributed by atoms with van der Waals surface area (Å²) in [7, 11) is 0. The molecule has 1 aliphatic heterocycles. The maximum absolute atomic E-state index is 6.08. The fourth-order valence-electron chi connectivity index (χ4n) is 3.60. The number of morpholine rings is 1. The number of hydrogen-bond donors (Lipinski definition) is 2. The van der Waals surface area contributed by atoms with Gasteiger partial charge in [-0.05, 0) is 43.5 Å². The highest BCUT2D eigenvalue weighted by Gasteiger charge is 2.38. The summed E-state index contributed by atoms with van der Waals surface area (Å²) < 4.78 is 6.50. The first kappa shape index (κ1) is 18.7. The minimum absolute atomic E-state index is 0.171. The van der Waals surface area contributed by atoms with Gasteiger partial charge in [-0.25, -0.2) is 0 Å². The molecule has 2 aliphatic rings. The molecule has 1 saturated carbocycles. The van der Waals surface area contributed by atoms with Gasteiger partial charge in [0, 0.05) is 29.5 Å². The van der Waals surface area contributed by atoms with E-state index in [-0.39, 0.29) is 5.41 Å². The van der Waals surface area contributed by atoms with Crippen molar-refractivity contribution in [1.82, 2.24) is 10.2 Å². The molecule has 0 spiro atoms. The number of nitrogens with one attached hydrogen (secondary N) is 1. The third-order valence-electron chi connectivity index (χ3n) is 5.36. The summed E-state index contributed by atoms with van der Waals surface area (Å²) in [5.74, 6) is 0.572. The second-order valence-electron chi connectivity index (χ2n) is 7.08. The third kappa shape index (κ3) is 5.19. The van der Waals surface area contributed by atoms with E-state index in [2.05, 4.69) is 55.4 Å². The zero-order chi connectivity index (χ0) is 17.5. The van der Waals surface area contributed by atoms with Crippen LogP contribution in [0.4, 0.5) is 0 Å². The molecule has 3 N–H and O–H groups in total. The van der Waals surface area contributed by atoms with Crippen LogP contribution in [0, 0.1) is 0 Å². The third-order valence-corrected chi connectivity index (χ3v) is 5.85. The second-order valence-corrected chi connectivity index (χ2v) is 8.00. The van der Waals surface area contributed by atoms with Crippen LogP contribution in [0.25, 0.3) is 0 Å². The zero-order valence-electron chi connectivity index (χ0n) is 14.8. The molecule has 0 unspecified atom stereocenters. The van der Waals surface area contributed by atoms with Crippen molar-refractivity contribution in [2.75, 3.05) is 45.9 Å². The zero-order valence-corrected chi connectivity index (χ0v) is 16.4. The van der Waals surface area contributed by atoms with Gasteiger partial charge in [0.15, 0.2) is 5.96 Å². The standard InChI is InChI=1S/C19H29BrN4O/c20-17-5-1-4-16(14-17)19(6-2-7-19)15-23-18(21)22-8-3-9-24-10-12-25-13-11-24/h1,4-5,14H,2-3,6-13,15H2,(H3,21,22,23). The van der Waals surface area contributed by atoms with Gasteiger partial charge in [0.1, 0.15) is 0 Å². The highest BCUT2D eigenvalue weighted by atomic mass is 79.9. The van der Waals surface area contributed by atoms with Crippen molar-refractivity contribution >= 4 is 21.9 Å². The van der Waals surface area contributed by atoms with Crippen molar-refractivity contribution in [2.45, 2.75) is 31.1 Å². The van der Waals surface area contributed by atoms with Gasteiger partial charge >= 0.3 is 0 Å². The molecular weight excluding hydrogens is 380 g/mol. The molecule has 138 valence electrons. The number of ether oxygens (including phenoxy) is 1. The number of benzene rings is 1. The van der Waals surface area contributed by atoms with E-state index in [1.165, 1.54) is 24.8 Å². The molecule has 3 rings (SSSR count). The number of guanidine groups is 1. The normalized spacial score (nSPS) is 20.9. The van der Waals surface area contributed by atoms with E-state index >= 15 is 0 Å². The first-order valence-electron chi connectivity index (χ1n) is 9.28. The molecule has 1 aliphatic carbocycles. The summed E-state index contributed by atoms with van der Waals surface area (Å²) in [6.07, 6.45) is 4.73. The average molecular weight is 409 g/mol. The van der Waals surface area contributed by atoms with Crippen molar-refractivity contribution in [3.63, 3.8) is 0 Å². The Morgan fingerprint density at radius 1 is 1.32 bits per heavy atom. The van der Waals surface area contributed by atoms with Gasteiger partial charge in [-0.2, -0.15) is 0 Å². The van der Waals surface area contributed by atoms with Gasteiger partial charge in [0.25, 0.3) is 0 Å². The average Bonchev–Trinajstić information content (AvgIpc) is 2.59. The molecule has 1 heterocycles. The van der Waals surface area contributed by atoms with Gasteiger partial charge in [-0.15, -0.1) is 0 Å². The molecule has 2 fully saturated rings. The minimum atomic E-state index is 0.171. The monoisotopic (exact) mass is 408 g/mol. The molecule has 0 aromatic heterocycles. The lowest BCUT2D eigenvalue weighted by atomic mass is 9.64. The summed E-state index contributed by atoms with van der Waals surface area (Å²) in [4.78, 5) is 7.08. The smallest absolute Gasteiger partial charge is 0.188 e. The molecular formula is C19H29BrN4O. The Bertz CT molecular complexity index is 583. The molecule has 1 aromatic carbocycles. The first-order valence-corrected chi connectivity index (χ1v) is 10.1. The number of aliphatic imine (C=N–C) groups is 1. The highest BCUT2D eigenvalue weighted by Crippen LogP contribution is 2.44. The predicted octanol–water partition coefficient (Wildman–Crippen LogP) is 2.50. The highest BCUT2D eigenvalue weighted by molar-refractivity contribution is 9.10. The Kier molecular flexibility index (Phi) is 6.73. The summed E-state index contributed by atoms with van der Waals surface area (Å²) in [5, 5.41) is 3.27. The van der Waals surface area contributed by atoms with Crippen molar-refractivity contribution in [3.05, 3.63) is 34.3 Å². The van der Waals surface area contributed by atoms with Crippen LogP contribution in [0.1, 0.15) is 31.2 Å². The van der Waals surface area contributed by atoms with Crippen molar-refractivity contribution in [2.24, 2.45) is 10.7 Å². The quantitative estimate of drug-likeness (QED) is 0.413. The molecule has 0 atom stereocenters. The van der Waals surface area contributed by atoms with Crippen LogP contribution in [0.15, 0.2) is 33.7 Å². The number of rotatable bonds is 7. The largest absolute Gasteiger partial charge is 0.379 e. The van der Waals surface area contributed by atoms with Crippen molar-refractivity contribution < 1.29 is 4.74 Å². The summed E-state index contributed by atoms with van der Waals surface area (Å²) in [5.41, 5.74) is 7.63. The fraction of sp³-hybridized carbons (Fsp3) is 0.632. The maximum atomic E-state index is 6.08. The molecule has 6 heteroatoms.